The van der Waals surface area contributed by atoms with E-state index < -0.39 is 39.5 Å². The highest BCUT2D eigenvalue weighted by Gasteiger charge is 2.46. The van der Waals surface area contributed by atoms with Crippen molar-refractivity contribution >= 4 is 33.5 Å². The van der Waals surface area contributed by atoms with Crippen molar-refractivity contribution in [2.24, 2.45) is 5.11 Å². The number of unbranched alkanes of at least 4 members (excludes halogenated alkanes) is 1. The molecule has 1 aromatic rings. The van der Waals surface area contributed by atoms with E-state index in [9.17, 15) is 27.6 Å². The molecule has 0 radical (unpaired) electrons. The van der Waals surface area contributed by atoms with E-state index in [4.69, 9.17) is 5.53 Å². The Morgan fingerprint density at radius 2 is 1.93 bits per heavy atom. The molecule has 29 heavy (non-hydrogen) atoms. The number of hydrogen-bond donors (Lipinski definition) is 1. The van der Waals surface area contributed by atoms with Crippen molar-refractivity contribution in [3.63, 3.8) is 0 Å². The Hall–Kier alpha value is -3.24. The highest BCUT2D eigenvalue weighted by Crippen LogP contribution is 2.32. The summed E-state index contributed by atoms with van der Waals surface area (Å²) in [4.78, 5) is 52.2. The zero-order valence-corrected chi connectivity index (χ0v) is 16.0. The summed E-state index contributed by atoms with van der Waals surface area (Å²) in [6.45, 7) is 0.152. The van der Waals surface area contributed by atoms with Crippen molar-refractivity contribution in [3.05, 3.63) is 39.8 Å². The summed E-state index contributed by atoms with van der Waals surface area (Å²) in [5.41, 5.74) is 7.91. The van der Waals surface area contributed by atoms with Crippen LogP contribution in [0.1, 0.15) is 46.4 Å². The molecule has 12 heteroatoms. The predicted molar refractivity (Wildman–Crippen MR) is 98.4 cm³/mol. The number of benzene rings is 1. The number of sulfone groups is 1. The molecular formula is C17H17N5O6S. The van der Waals surface area contributed by atoms with Crippen LogP contribution in [0.25, 0.3) is 10.4 Å². The molecule has 2 aliphatic heterocycles. The Labute approximate surface area is 165 Å². The van der Waals surface area contributed by atoms with Gasteiger partial charge in [0.25, 0.3) is 11.8 Å². The van der Waals surface area contributed by atoms with Crippen LogP contribution in [0, 0.1) is 0 Å². The maximum Gasteiger partial charge on any atom is 0.263 e. The van der Waals surface area contributed by atoms with Gasteiger partial charge in [-0.05, 0) is 36.9 Å². The third-order valence-electron chi connectivity index (χ3n) is 4.75. The van der Waals surface area contributed by atoms with Crippen LogP contribution in [-0.4, -0.2) is 55.3 Å². The van der Waals surface area contributed by atoms with Crippen molar-refractivity contribution in [1.82, 2.24) is 10.2 Å². The molecule has 4 amide bonds. The second kappa shape index (κ2) is 8.02. The quantitative estimate of drug-likeness (QED) is 0.227. The van der Waals surface area contributed by atoms with Gasteiger partial charge < -0.3 is 0 Å². The number of hydrogen-bond acceptors (Lipinski definition) is 7. The Bertz CT molecular complexity index is 1060. The van der Waals surface area contributed by atoms with E-state index >= 15 is 0 Å². The number of carbonyl (C=O) groups is 4. The molecule has 0 saturated carbocycles. The van der Waals surface area contributed by atoms with Crippen LogP contribution in [0.4, 0.5) is 0 Å². The highest BCUT2D eigenvalue weighted by atomic mass is 32.2. The van der Waals surface area contributed by atoms with Crippen LogP contribution in [0.3, 0.4) is 0 Å². The van der Waals surface area contributed by atoms with Gasteiger partial charge in [-0.3, -0.25) is 29.4 Å². The summed E-state index contributed by atoms with van der Waals surface area (Å²) in [5.74, 6) is -3.18. The van der Waals surface area contributed by atoms with Crippen LogP contribution < -0.4 is 5.32 Å². The fourth-order valence-corrected chi connectivity index (χ4v) is 4.97. The summed E-state index contributed by atoms with van der Waals surface area (Å²) >= 11 is 0. The Balaban J connectivity index is 1.89. The molecule has 0 aliphatic carbocycles. The number of fused-ring (bicyclic) bond motifs is 1. The molecule has 2 aliphatic rings. The molecule has 1 aromatic carbocycles. The van der Waals surface area contributed by atoms with E-state index in [1.165, 1.54) is 18.2 Å². The van der Waals surface area contributed by atoms with Gasteiger partial charge >= 0.3 is 0 Å². The van der Waals surface area contributed by atoms with Gasteiger partial charge in [-0.15, -0.1) is 0 Å². The summed E-state index contributed by atoms with van der Waals surface area (Å²) in [6, 6.07) is 2.78. The maximum atomic E-state index is 12.9. The number of imide groups is 2. The molecule has 0 spiro atoms. The number of carbonyl (C=O) groups excluding carboxylic acids is 4. The normalized spacial score (nSPS) is 19.0. The van der Waals surface area contributed by atoms with Crippen molar-refractivity contribution < 1.29 is 27.6 Å². The average Bonchev–Trinajstić information content (AvgIpc) is 2.93. The van der Waals surface area contributed by atoms with Crippen molar-refractivity contribution in [2.75, 3.05) is 12.3 Å². The maximum absolute atomic E-state index is 12.9. The van der Waals surface area contributed by atoms with Gasteiger partial charge in [-0.1, -0.05) is 11.2 Å². The van der Waals surface area contributed by atoms with Gasteiger partial charge in [-0.2, -0.15) is 0 Å². The van der Waals surface area contributed by atoms with Gasteiger partial charge in [-0.25, -0.2) is 8.42 Å². The molecule has 1 unspecified atom stereocenters. The lowest BCUT2D eigenvalue weighted by Gasteiger charge is -2.27. The van der Waals surface area contributed by atoms with Crippen LogP contribution in [-0.2, 0) is 19.4 Å². The van der Waals surface area contributed by atoms with E-state index in [-0.39, 0.29) is 47.6 Å². The first-order valence-electron chi connectivity index (χ1n) is 8.86. The van der Waals surface area contributed by atoms with Crippen LogP contribution >= 0.6 is 0 Å². The summed E-state index contributed by atoms with van der Waals surface area (Å²) in [7, 11) is -3.89. The largest absolute Gasteiger partial charge is 0.295 e. The van der Waals surface area contributed by atoms with E-state index in [1.807, 2.05) is 0 Å². The molecule has 1 N–H and O–H groups in total. The standard InChI is InChI=1S/C17H17N5O6S/c18-21-19-8-1-2-9-29(27,28)12-5-3-4-10-14(12)17(26)22(16(10)25)11-6-7-13(23)20-15(11)24/h3-5,11H,1-2,6-9H2,(H,20,23,24). The monoisotopic (exact) mass is 419 g/mol. The zero-order chi connectivity index (χ0) is 21.2. The summed E-state index contributed by atoms with van der Waals surface area (Å²) < 4.78 is 25.5. The van der Waals surface area contributed by atoms with Gasteiger partial charge in [0.2, 0.25) is 11.8 Å². The first-order valence-corrected chi connectivity index (χ1v) is 10.5. The topological polar surface area (TPSA) is 166 Å². The van der Waals surface area contributed by atoms with Gasteiger partial charge in [0, 0.05) is 17.9 Å². The van der Waals surface area contributed by atoms with Crippen molar-refractivity contribution in [2.45, 2.75) is 36.6 Å². The molecular weight excluding hydrogens is 402 g/mol. The number of piperidine rings is 1. The number of amides is 4. The molecule has 1 atom stereocenters. The first kappa shape index (κ1) is 20.5. The lowest BCUT2D eigenvalue weighted by Crippen LogP contribution is -2.54. The van der Waals surface area contributed by atoms with Gasteiger partial charge in [0.15, 0.2) is 9.84 Å². The number of rotatable bonds is 7. The Morgan fingerprint density at radius 3 is 2.62 bits per heavy atom. The molecule has 3 rings (SSSR count). The Kier molecular flexibility index (Phi) is 5.66. The first-order chi connectivity index (χ1) is 13.8. The third kappa shape index (κ3) is 3.84. The Morgan fingerprint density at radius 1 is 1.17 bits per heavy atom. The molecule has 0 bridgehead atoms. The smallest absolute Gasteiger partial charge is 0.263 e. The van der Waals surface area contributed by atoms with Crippen molar-refractivity contribution in [1.29, 1.82) is 0 Å². The molecule has 152 valence electrons. The molecule has 1 saturated heterocycles. The van der Waals surface area contributed by atoms with Crippen LogP contribution in [0.5, 0.6) is 0 Å². The van der Waals surface area contributed by atoms with Crippen LogP contribution in [0.15, 0.2) is 28.2 Å². The number of nitrogens with one attached hydrogen (secondary N) is 1. The molecule has 11 nitrogen and oxygen atoms in total. The molecule has 2 heterocycles. The van der Waals surface area contributed by atoms with Crippen LogP contribution in [0.2, 0.25) is 0 Å². The van der Waals surface area contributed by atoms with E-state index in [2.05, 4.69) is 15.3 Å². The van der Waals surface area contributed by atoms with Gasteiger partial charge in [0.05, 0.1) is 21.8 Å². The summed E-state index contributed by atoms with van der Waals surface area (Å²) in [5, 5.41) is 5.42. The summed E-state index contributed by atoms with van der Waals surface area (Å²) in [6.07, 6.45) is 0.523. The number of azide groups is 1. The average molecular weight is 419 g/mol. The lowest BCUT2D eigenvalue weighted by molar-refractivity contribution is -0.136. The highest BCUT2D eigenvalue weighted by molar-refractivity contribution is 7.91. The minimum absolute atomic E-state index is 0.0162. The van der Waals surface area contributed by atoms with Crippen molar-refractivity contribution in [3.8, 4) is 0 Å². The second-order valence-electron chi connectivity index (χ2n) is 6.61. The molecule has 1 fully saturated rings. The van der Waals surface area contributed by atoms with Gasteiger partial charge in [0.1, 0.15) is 6.04 Å². The third-order valence-corrected chi connectivity index (χ3v) is 6.59. The minimum atomic E-state index is -3.89. The second-order valence-corrected chi connectivity index (χ2v) is 8.68. The predicted octanol–water partition coefficient (Wildman–Crippen LogP) is 0.952. The lowest BCUT2D eigenvalue weighted by atomic mass is 10.0. The fourth-order valence-electron chi connectivity index (χ4n) is 3.37. The molecule has 0 aromatic heterocycles. The fraction of sp³-hybridized carbons (Fsp3) is 0.412. The minimum Gasteiger partial charge on any atom is -0.295 e. The zero-order valence-electron chi connectivity index (χ0n) is 15.2. The van der Waals surface area contributed by atoms with E-state index in [0.29, 0.717) is 6.42 Å². The number of nitrogens with zero attached hydrogens (tertiary/aromatic N) is 4. The van der Waals surface area contributed by atoms with E-state index in [1.54, 1.807) is 0 Å². The SMILES string of the molecule is [N-]=[N+]=NCCCCS(=O)(=O)c1cccc2c1C(=O)N(C1CCC(=O)NC1=O)C2=O. The van der Waals surface area contributed by atoms with E-state index in [0.717, 1.165) is 4.90 Å².